The zero-order chi connectivity index (χ0) is 15.4. The molecule has 0 aliphatic heterocycles. The number of nitrogens with zero attached hydrogens (tertiary/aromatic N) is 3. The molecule has 1 aromatic carbocycles. The fourth-order valence-corrected chi connectivity index (χ4v) is 3.19. The lowest BCUT2D eigenvalue weighted by Gasteiger charge is -2.07. The van der Waals surface area contributed by atoms with Gasteiger partial charge in [0.2, 0.25) is 0 Å². The van der Waals surface area contributed by atoms with E-state index in [2.05, 4.69) is 20.3 Å². The molecule has 0 saturated carbocycles. The fraction of sp³-hybridized carbons (Fsp3) is 0.133. The van der Waals surface area contributed by atoms with Crippen LogP contribution in [0.15, 0.2) is 59.8 Å². The van der Waals surface area contributed by atoms with E-state index in [9.17, 15) is 8.42 Å². The third kappa shape index (κ3) is 3.20. The lowest BCUT2D eigenvalue weighted by atomic mass is 10.4. The normalized spacial score (nSPS) is 11.5. The first-order valence-electron chi connectivity index (χ1n) is 6.75. The minimum atomic E-state index is -3.29. The summed E-state index contributed by atoms with van der Waals surface area (Å²) in [7, 11) is -3.29. The third-order valence-corrected chi connectivity index (χ3v) is 4.84. The van der Waals surface area contributed by atoms with Gasteiger partial charge in [0.25, 0.3) is 0 Å². The fourth-order valence-electron chi connectivity index (χ4n) is 2.01. The lowest BCUT2D eigenvalue weighted by molar-refractivity contribution is 0.596. The van der Waals surface area contributed by atoms with Crippen LogP contribution in [-0.4, -0.2) is 35.7 Å². The Morgan fingerprint density at radius 1 is 0.955 bits per heavy atom. The third-order valence-electron chi connectivity index (χ3n) is 3.11. The van der Waals surface area contributed by atoms with Gasteiger partial charge >= 0.3 is 0 Å². The van der Waals surface area contributed by atoms with Gasteiger partial charge < -0.3 is 5.32 Å². The Hall–Kier alpha value is -2.54. The topological polar surface area (TPSA) is 84.8 Å². The van der Waals surface area contributed by atoms with E-state index < -0.39 is 9.84 Å². The number of rotatable bonds is 5. The van der Waals surface area contributed by atoms with Crippen molar-refractivity contribution >= 4 is 26.8 Å². The molecule has 0 amide bonds. The Balaban J connectivity index is 1.67. The number of aromatic nitrogens is 3. The monoisotopic (exact) mass is 314 g/mol. The van der Waals surface area contributed by atoms with Gasteiger partial charge in [0, 0.05) is 18.9 Å². The Morgan fingerprint density at radius 2 is 1.73 bits per heavy atom. The van der Waals surface area contributed by atoms with E-state index in [0.29, 0.717) is 21.9 Å². The molecule has 2 aromatic heterocycles. The molecule has 0 aliphatic rings. The molecule has 0 unspecified atom stereocenters. The van der Waals surface area contributed by atoms with Crippen LogP contribution in [0.5, 0.6) is 0 Å². The summed E-state index contributed by atoms with van der Waals surface area (Å²) in [6.45, 7) is 0.274. The van der Waals surface area contributed by atoms with Crippen molar-refractivity contribution in [2.24, 2.45) is 0 Å². The Kier molecular flexibility index (Phi) is 3.97. The van der Waals surface area contributed by atoms with Crippen molar-refractivity contribution in [3.05, 3.63) is 54.9 Å². The summed E-state index contributed by atoms with van der Waals surface area (Å²) in [6, 6.07) is 12.0. The number of fused-ring (bicyclic) bond motifs is 1. The maximum Gasteiger partial charge on any atom is 0.180 e. The second kappa shape index (κ2) is 6.07. The van der Waals surface area contributed by atoms with E-state index in [1.54, 1.807) is 54.9 Å². The van der Waals surface area contributed by atoms with Crippen LogP contribution >= 0.6 is 0 Å². The first-order valence-corrected chi connectivity index (χ1v) is 8.40. The number of hydrogen-bond acceptors (Lipinski definition) is 6. The van der Waals surface area contributed by atoms with Crippen LogP contribution in [0.2, 0.25) is 0 Å². The number of nitrogens with one attached hydrogen (secondary N) is 1. The van der Waals surface area contributed by atoms with Gasteiger partial charge in [-0.05, 0) is 24.3 Å². The van der Waals surface area contributed by atoms with Crippen molar-refractivity contribution in [3.63, 3.8) is 0 Å². The largest absolute Gasteiger partial charge is 0.369 e. The second-order valence-electron chi connectivity index (χ2n) is 4.65. The highest BCUT2D eigenvalue weighted by Crippen LogP contribution is 2.12. The summed E-state index contributed by atoms with van der Waals surface area (Å²) in [5.74, 6) is 0.577. The molecule has 3 rings (SSSR count). The molecule has 1 N–H and O–H groups in total. The summed E-state index contributed by atoms with van der Waals surface area (Å²) in [5.41, 5.74) is 1.23. The summed E-state index contributed by atoms with van der Waals surface area (Å²) < 4.78 is 24.3. The molecule has 2 heterocycles. The quantitative estimate of drug-likeness (QED) is 0.774. The zero-order valence-corrected chi connectivity index (χ0v) is 12.5. The van der Waals surface area contributed by atoms with Crippen LogP contribution in [0.25, 0.3) is 11.2 Å². The molecule has 0 fully saturated rings. The first kappa shape index (κ1) is 14.4. The van der Waals surface area contributed by atoms with Gasteiger partial charge in [-0.1, -0.05) is 18.2 Å². The number of benzene rings is 1. The highest BCUT2D eigenvalue weighted by molar-refractivity contribution is 7.91. The zero-order valence-electron chi connectivity index (χ0n) is 11.7. The molecule has 0 saturated heterocycles. The molecule has 0 aliphatic carbocycles. The van der Waals surface area contributed by atoms with Crippen LogP contribution < -0.4 is 5.32 Å². The van der Waals surface area contributed by atoms with E-state index in [4.69, 9.17) is 0 Å². The Bertz CT molecular complexity index is 882. The average Bonchev–Trinajstić information content (AvgIpc) is 2.55. The number of hydrogen-bond donors (Lipinski definition) is 1. The standard InChI is InChI=1S/C15H14N4O2S/c20-22(21,12-4-2-1-3-5-12)11-10-17-14-7-6-13-15(19-14)18-9-8-16-13/h1-9H,10-11H2,(H,17,18,19). The Morgan fingerprint density at radius 3 is 2.55 bits per heavy atom. The average molecular weight is 314 g/mol. The van der Waals surface area contributed by atoms with Gasteiger partial charge in [-0.2, -0.15) is 0 Å². The van der Waals surface area contributed by atoms with E-state index in [1.165, 1.54) is 0 Å². The predicted octanol–water partition coefficient (Wildman–Crippen LogP) is 1.91. The minimum absolute atomic E-state index is 0.00278. The number of sulfone groups is 1. The van der Waals surface area contributed by atoms with Crippen LogP contribution in [-0.2, 0) is 9.84 Å². The molecule has 7 heteroatoms. The first-order chi connectivity index (χ1) is 10.6. The minimum Gasteiger partial charge on any atom is -0.369 e. The molecule has 0 atom stereocenters. The number of anilines is 1. The van der Waals surface area contributed by atoms with Gasteiger partial charge in [0.1, 0.15) is 11.3 Å². The van der Waals surface area contributed by atoms with Crippen molar-refractivity contribution in [2.75, 3.05) is 17.6 Å². The Labute approximate surface area is 128 Å². The summed E-state index contributed by atoms with van der Waals surface area (Å²) in [4.78, 5) is 12.9. The smallest absolute Gasteiger partial charge is 0.180 e. The van der Waals surface area contributed by atoms with Crippen molar-refractivity contribution in [1.82, 2.24) is 15.0 Å². The second-order valence-corrected chi connectivity index (χ2v) is 6.76. The molecule has 0 radical (unpaired) electrons. The molecular weight excluding hydrogens is 300 g/mol. The lowest BCUT2D eigenvalue weighted by Crippen LogP contribution is -2.16. The van der Waals surface area contributed by atoms with Gasteiger partial charge in [0.15, 0.2) is 15.5 Å². The summed E-state index contributed by atoms with van der Waals surface area (Å²) in [5, 5.41) is 3.00. The van der Waals surface area contributed by atoms with Gasteiger partial charge in [-0.3, -0.25) is 4.98 Å². The van der Waals surface area contributed by atoms with E-state index >= 15 is 0 Å². The maximum atomic E-state index is 12.2. The summed E-state index contributed by atoms with van der Waals surface area (Å²) >= 11 is 0. The molecule has 0 spiro atoms. The highest BCUT2D eigenvalue weighted by atomic mass is 32.2. The van der Waals surface area contributed by atoms with Crippen molar-refractivity contribution in [3.8, 4) is 0 Å². The number of pyridine rings is 1. The van der Waals surface area contributed by atoms with Crippen LogP contribution in [0, 0.1) is 0 Å². The van der Waals surface area contributed by atoms with Gasteiger partial charge in [-0.25, -0.2) is 18.4 Å². The van der Waals surface area contributed by atoms with E-state index in [0.717, 1.165) is 0 Å². The molecular formula is C15H14N4O2S. The van der Waals surface area contributed by atoms with Crippen LogP contribution in [0.3, 0.4) is 0 Å². The molecule has 0 bridgehead atoms. The molecule has 3 aromatic rings. The molecule has 6 nitrogen and oxygen atoms in total. The predicted molar refractivity (Wildman–Crippen MR) is 84.3 cm³/mol. The highest BCUT2D eigenvalue weighted by Gasteiger charge is 2.13. The van der Waals surface area contributed by atoms with Crippen molar-refractivity contribution in [1.29, 1.82) is 0 Å². The van der Waals surface area contributed by atoms with E-state index in [-0.39, 0.29) is 12.3 Å². The van der Waals surface area contributed by atoms with Crippen LogP contribution in [0.1, 0.15) is 0 Å². The molecule has 22 heavy (non-hydrogen) atoms. The van der Waals surface area contributed by atoms with Gasteiger partial charge in [0.05, 0.1) is 10.6 Å². The van der Waals surface area contributed by atoms with Gasteiger partial charge in [-0.15, -0.1) is 0 Å². The van der Waals surface area contributed by atoms with Crippen molar-refractivity contribution < 1.29 is 8.42 Å². The SMILES string of the molecule is O=S(=O)(CCNc1ccc2nccnc2n1)c1ccccc1. The molecule has 112 valence electrons. The summed E-state index contributed by atoms with van der Waals surface area (Å²) in [6.07, 6.45) is 3.17. The maximum absolute atomic E-state index is 12.2. The van der Waals surface area contributed by atoms with E-state index in [1.807, 2.05) is 0 Å². The van der Waals surface area contributed by atoms with Crippen LogP contribution in [0.4, 0.5) is 5.82 Å². The van der Waals surface area contributed by atoms with Crippen molar-refractivity contribution in [2.45, 2.75) is 4.90 Å².